The van der Waals surface area contributed by atoms with E-state index in [1.54, 1.807) is 11.3 Å². The minimum atomic E-state index is 0.138. The number of nitrogens with zero attached hydrogens (tertiary/aromatic N) is 3. The van der Waals surface area contributed by atoms with Crippen molar-refractivity contribution in [1.82, 2.24) is 14.4 Å². The fourth-order valence-corrected chi connectivity index (χ4v) is 5.29. The number of fused-ring (bicyclic) bond motifs is 3. The Hall–Kier alpha value is -2.08. The Bertz CT molecular complexity index is 967. The van der Waals surface area contributed by atoms with Crippen molar-refractivity contribution in [2.75, 3.05) is 13.1 Å². The molecule has 138 valence electrons. The van der Waals surface area contributed by atoms with Crippen LogP contribution in [0.1, 0.15) is 27.0 Å². The maximum Gasteiger partial charge on any atom is 0.271 e. The van der Waals surface area contributed by atoms with Crippen molar-refractivity contribution in [1.29, 1.82) is 0 Å². The van der Waals surface area contributed by atoms with E-state index in [1.165, 1.54) is 10.4 Å². The lowest BCUT2D eigenvalue weighted by atomic mass is 10.1. The summed E-state index contributed by atoms with van der Waals surface area (Å²) in [6, 6.07) is 16.6. The van der Waals surface area contributed by atoms with E-state index in [4.69, 9.17) is 11.6 Å². The SMILES string of the molecule is O=C1c2cccn2[C@@H]2CN(Cc3cccc(Cl)c3)C[C@@H]2N1Cc1cccs1. The molecule has 2 aliphatic heterocycles. The van der Waals surface area contributed by atoms with Gasteiger partial charge in [0.15, 0.2) is 0 Å². The molecule has 1 aromatic carbocycles. The fraction of sp³-hybridized carbons (Fsp3) is 0.286. The van der Waals surface area contributed by atoms with E-state index < -0.39 is 0 Å². The van der Waals surface area contributed by atoms with Crippen molar-refractivity contribution in [2.24, 2.45) is 0 Å². The third-order valence-electron chi connectivity index (χ3n) is 5.55. The monoisotopic (exact) mass is 397 g/mol. The number of rotatable bonds is 4. The summed E-state index contributed by atoms with van der Waals surface area (Å²) in [6.45, 7) is 3.36. The molecule has 3 aromatic rings. The van der Waals surface area contributed by atoms with Crippen molar-refractivity contribution < 1.29 is 4.79 Å². The summed E-state index contributed by atoms with van der Waals surface area (Å²) in [5.41, 5.74) is 2.02. The number of benzene rings is 1. The highest BCUT2D eigenvalue weighted by molar-refractivity contribution is 7.09. The number of likely N-dealkylation sites (tertiary alicyclic amines) is 1. The van der Waals surface area contributed by atoms with Crippen LogP contribution >= 0.6 is 22.9 Å². The summed E-state index contributed by atoms with van der Waals surface area (Å²) < 4.78 is 2.18. The number of hydrogen-bond donors (Lipinski definition) is 0. The van der Waals surface area contributed by atoms with Gasteiger partial charge in [0.2, 0.25) is 0 Å². The van der Waals surface area contributed by atoms with E-state index in [1.807, 2.05) is 30.3 Å². The summed E-state index contributed by atoms with van der Waals surface area (Å²) in [5, 5.41) is 2.84. The summed E-state index contributed by atoms with van der Waals surface area (Å²) in [4.78, 5) is 18.9. The first-order chi connectivity index (χ1) is 13.2. The Morgan fingerprint density at radius 1 is 1.04 bits per heavy atom. The molecule has 1 amide bonds. The van der Waals surface area contributed by atoms with E-state index in [-0.39, 0.29) is 11.9 Å². The molecular weight excluding hydrogens is 378 g/mol. The van der Waals surface area contributed by atoms with Gasteiger partial charge < -0.3 is 9.47 Å². The average molecular weight is 398 g/mol. The van der Waals surface area contributed by atoms with E-state index >= 15 is 0 Å². The summed E-state index contributed by atoms with van der Waals surface area (Å²) in [6.07, 6.45) is 2.05. The van der Waals surface area contributed by atoms with Crippen molar-refractivity contribution in [3.8, 4) is 0 Å². The molecule has 4 heterocycles. The third-order valence-corrected chi connectivity index (χ3v) is 6.65. The maximum atomic E-state index is 13.1. The third kappa shape index (κ3) is 3.10. The molecule has 2 aromatic heterocycles. The highest BCUT2D eigenvalue weighted by atomic mass is 35.5. The number of thiophene rings is 1. The van der Waals surface area contributed by atoms with Crippen LogP contribution in [0.25, 0.3) is 0 Å². The molecule has 0 spiro atoms. The second-order valence-electron chi connectivity index (χ2n) is 7.27. The van der Waals surface area contributed by atoms with Gasteiger partial charge in [-0.05, 0) is 41.3 Å². The van der Waals surface area contributed by atoms with Gasteiger partial charge in [-0.1, -0.05) is 29.8 Å². The number of halogens is 1. The molecule has 4 nitrogen and oxygen atoms in total. The zero-order valence-electron chi connectivity index (χ0n) is 14.8. The molecule has 0 aliphatic carbocycles. The number of aromatic nitrogens is 1. The Labute approximate surface area is 167 Å². The molecule has 0 radical (unpaired) electrons. The fourth-order valence-electron chi connectivity index (χ4n) is 4.37. The number of hydrogen-bond acceptors (Lipinski definition) is 3. The molecule has 0 unspecified atom stereocenters. The summed E-state index contributed by atoms with van der Waals surface area (Å²) in [7, 11) is 0. The zero-order chi connectivity index (χ0) is 18.4. The summed E-state index contributed by atoms with van der Waals surface area (Å²) >= 11 is 7.86. The maximum absolute atomic E-state index is 13.1. The van der Waals surface area contributed by atoms with Crippen molar-refractivity contribution >= 4 is 28.8 Å². The first kappa shape index (κ1) is 17.0. The van der Waals surface area contributed by atoms with Crippen LogP contribution in [-0.4, -0.2) is 39.4 Å². The second-order valence-corrected chi connectivity index (χ2v) is 8.74. The van der Waals surface area contributed by atoms with Crippen LogP contribution in [0.3, 0.4) is 0 Å². The van der Waals surface area contributed by atoms with Crippen LogP contribution in [0.5, 0.6) is 0 Å². The molecule has 2 aliphatic rings. The van der Waals surface area contributed by atoms with Gasteiger partial charge in [-0.3, -0.25) is 9.69 Å². The molecular formula is C21H20ClN3OS. The van der Waals surface area contributed by atoms with Crippen LogP contribution in [0.2, 0.25) is 5.02 Å². The molecule has 1 saturated heterocycles. The van der Waals surface area contributed by atoms with Crippen LogP contribution in [0, 0.1) is 0 Å². The van der Waals surface area contributed by atoms with Crippen molar-refractivity contribution in [3.05, 3.63) is 81.3 Å². The van der Waals surface area contributed by atoms with E-state index in [0.29, 0.717) is 12.6 Å². The predicted octanol–water partition coefficient (Wildman–Crippen LogP) is 4.28. The second kappa shape index (κ2) is 6.82. The van der Waals surface area contributed by atoms with Gasteiger partial charge in [0.25, 0.3) is 5.91 Å². The average Bonchev–Trinajstić information content (AvgIpc) is 3.38. The minimum Gasteiger partial charge on any atom is -0.337 e. The Morgan fingerprint density at radius 2 is 1.93 bits per heavy atom. The van der Waals surface area contributed by atoms with Gasteiger partial charge in [-0.15, -0.1) is 11.3 Å². The normalized spacial score (nSPS) is 22.1. The number of carbonyl (C=O) groups excluding carboxylic acids is 1. The Morgan fingerprint density at radius 3 is 2.74 bits per heavy atom. The molecule has 0 bridgehead atoms. The Balaban J connectivity index is 1.43. The predicted molar refractivity (Wildman–Crippen MR) is 108 cm³/mol. The smallest absolute Gasteiger partial charge is 0.271 e. The first-order valence-corrected chi connectivity index (χ1v) is 10.4. The highest BCUT2D eigenvalue weighted by Gasteiger charge is 2.44. The van der Waals surface area contributed by atoms with Gasteiger partial charge in [0, 0.05) is 35.7 Å². The lowest BCUT2D eigenvalue weighted by molar-refractivity contribution is 0.0559. The first-order valence-electron chi connectivity index (χ1n) is 9.16. The van der Waals surface area contributed by atoms with Crippen LogP contribution in [-0.2, 0) is 13.1 Å². The molecule has 1 fully saturated rings. The lowest BCUT2D eigenvalue weighted by Crippen LogP contribution is -2.49. The van der Waals surface area contributed by atoms with Gasteiger partial charge >= 0.3 is 0 Å². The van der Waals surface area contributed by atoms with E-state index in [9.17, 15) is 4.79 Å². The summed E-state index contributed by atoms with van der Waals surface area (Å²) in [5.74, 6) is 0.138. The number of amides is 1. The molecule has 0 N–H and O–H groups in total. The topological polar surface area (TPSA) is 28.5 Å². The van der Waals surface area contributed by atoms with Crippen LogP contribution in [0.15, 0.2) is 60.1 Å². The van der Waals surface area contributed by atoms with Crippen molar-refractivity contribution in [2.45, 2.75) is 25.2 Å². The minimum absolute atomic E-state index is 0.138. The lowest BCUT2D eigenvalue weighted by Gasteiger charge is -2.38. The molecule has 0 saturated carbocycles. The quantitative estimate of drug-likeness (QED) is 0.657. The van der Waals surface area contributed by atoms with E-state index in [0.717, 1.165) is 30.4 Å². The standard InChI is InChI=1S/C21H20ClN3OS/c22-16-5-1-4-15(10-16)11-23-13-19-20(14-23)25(12-17-6-3-9-27-17)21(26)18-7-2-8-24(18)19/h1-10,19-20H,11-14H2/t19-,20+/m1/s1. The molecule has 6 heteroatoms. The highest BCUT2D eigenvalue weighted by Crippen LogP contribution is 2.35. The Kier molecular flexibility index (Phi) is 4.31. The molecule has 5 rings (SSSR count). The van der Waals surface area contributed by atoms with Crippen LogP contribution < -0.4 is 0 Å². The van der Waals surface area contributed by atoms with E-state index in [2.05, 4.69) is 44.1 Å². The largest absolute Gasteiger partial charge is 0.337 e. The van der Waals surface area contributed by atoms with Gasteiger partial charge in [0.1, 0.15) is 5.69 Å². The zero-order valence-corrected chi connectivity index (χ0v) is 16.4. The van der Waals surface area contributed by atoms with Gasteiger partial charge in [0.05, 0.1) is 18.6 Å². The van der Waals surface area contributed by atoms with Gasteiger partial charge in [-0.2, -0.15) is 0 Å². The molecule has 2 atom stereocenters. The number of carbonyl (C=O) groups is 1. The van der Waals surface area contributed by atoms with Crippen molar-refractivity contribution in [3.63, 3.8) is 0 Å². The molecule has 27 heavy (non-hydrogen) atoms. The van der Waals surface area contributed by atoms with Crippen LogP contribution in [0.4, 0.5) is 0 Å². The van der Waals surface area contributed by atoms with Gasteiger partial charge in [-0.25, -0.2) is 0 Å².